The Hall–Kier alpha value is -0.600. The fourth-order valence-corrected chi connectivity index (χ4v) is 2.04. The van der Waals surface area contributed by atoms with Crippen LogP contribution in [0.25, 0.3) is 0 Å². The Morgan fingerprint density at radius 3 is 3.08 bits per heavy atom. The molecule has 12 heavy (non-hydrogen) atoms. The molecule has 1 N–H and O–H groups in total. The van der Waals surface area contributed by atoms with Gasteiger partial charge in [-0.05, 0) is 31.5 Å². The molecule has 0 aliphatic carbocycles. The van der Waals surface area contributed by atoms with Crippen molar-refractivity contribution in [1.29, 1.82) is 0 Å². The molecule has 0 saturated carbocycles. The van der Waals surface area contributed by atoms with Crippen molar-refractivity contribution in [3.8, 4) is 0 Å². The highest BCUT2D eigenvalue weighted by Crippen LogP contribution is 2.24. The third-order valence-corrected chi connectivity index (χ3v) is 2.90. The molecule has 0 bridgehead atoms. The second-order valence-electron chi connectivity index (χ2n) is 2.75. The van der Waals surface area contributed by atoms with Gasteiger partial charge < -0.3 is 5.32 Å². The summed E-state index contributed by atoms with van der Waals surface area (Å²) >= 11 is 1.81. The van der Waals surface area contributed by atoms with Crippen LogP contribution in [0.15, 0.2) is 30.2 Å². The van der Waals surface area contributed by atoms with Gasteiger partial charge in [0.05, 0.1) is 0 Å². The maximum absolute atomic E-state index is 3.85. The van der Waals surface area contributed by atoms with E-state index in [9.17, 15) is 0 Å². The van der Waals surface area contributed by atoms with Crippen molar-refractivity contribution in [2.75, 3.05) is 13.6 Å². The molecule has 0 unspecified atom stereocenters. The van der Waals surface area contributed by atoms with Crippen LogP contribution < -0.4 is 5.32 Å². The van der Waals surface area contributed by atoms with E-state index in [1.165, 1.54) is 4.88 Å². The number of allylic oxidation sites excluding steroid dienone is 1. The molecule has 1 atom stereocenters. The average molecular weight is 181 g/mol. The molecule has 2 heteroatoms. The van der Waals surface area contributed by atoms with Gasteiger partial charge >= 0.3 is 0 Å². The largest absolute Gasteiger partial charge is 0.320 e. The summed E-state index contributed by atoms with van der Waals surface area (Å²) < 4.78 is 0. The van der Waals surface area contributed by atoms with Gasteiger partial charge in [0.2, 0.25) is 0 Å². The van der Waals surface area contributed by atoms with E-state index in [4.69, 9.17) is 0 Å². The number of hydrogen-bond donors (Lipinski definition) is 1. The quantitative estimate of drug-likeness (QED) is 0.689. The minimum Gasteiger partial charge on any atom is -0.320 e. The van der Waals surface area contributed by atoms with Crippen molar-refractivity contribution >= 4 is 11.3 Å². The molecule has 0 saturated heterocycles. The third-order valence-electron chi connectivity index (χ3n) is 1.90. The molecule has 0 amide bonds. The summed E-state index contributed by atoms with van der Waals surface area (Å²) in [5.74, 6) is 0.525. The first-order chi connectivity index (χ1) is 5.88. The number of rotatable bonds is 5. The molecule has 0 aliphatic rings. The van der Waals surface area contributed by atoms with Gasteiger partial charge in [-0.1, -0.05) is 12.1 Å². The smallest absolute Gasteiger partial charge is 0.0122 e. The van der Waals surface area contributed by atoms with Gasteiger partial charge in [0.15, 0.2) is 0 Å². The van der Waals surface area contributed by atoms with Gasteiger partial charge in [-0.25, -0.2) is 0 Å². The van der Waals surface area contributed by atoms with E-state index < -0.39 is 0 Å². The van der Waals surface area contributed by atoms with E-state index in [0.717, 1.165) is 13.0 Å². The second-order valence-corrected chi connectivity index (χ2v) is 3.73. The molecule has 1 aromatic heterocycles. The molecule has 66 valence electrons. The highest BCUT2D eigenvalue weighted by molar-refractivity contribution is 7.10. The highest BCUT2D eigenvalue weighted by atomic mass is 32.1. The molecule has 0 aromatic carbocycles. The molecular formula is C10H15NS. The normalized spacial score (nSPS) is 12.8. The van der Waals surface area contributed by atoms with Crippen LogP contribution in [-0.4, -0.2) is 13.6 Å². The molecular weight excluding hydrogens is 166 g/mol. The fraction of sp³-hybridized carbons (Fsp3) is 0.400. The standard InChI is InChI=1S/C10H15NS/c1-3-9(6-7-11-2)10-5-4-8-12-10/h3-5,8-9,11H,1,6-7H2,2H3/t9-/m1/s1. The summed E-state index contributed by atoms with van der Waals surface area (Å²) in [6, 6.07) is 4.27. The average Bonchev–Trinajstić information content (AvgIpc) is 2.59. The van der Waals surface area contributed by atoms with Crippen LogP contribution in [0.3, 0.4) is 0 Å². The van der Waals surface area contributed by atoms with Crippen molar-refractivity contribution in [3.63, 3.8) is 0 Å². The van der Waals surface area contributed by atoms with Gasteiger partial charge in [0.25, 0.3) is 0 Å². The van der Waals surface area contributed by atoms with Crippen molar-refractivity contribution in [3.05, 3.63) is 35.0 Å². The zero-order valence-electron chi connectivity index (χ0n) is 7.42. The first-order valence-electron chi connectivity index (χ1n) is 4.19. The lowest BCUT2D eigenvalue weighted by molar-refractivity contribution is 0.682. The summed E-state index contributed by atoms with van der Waals surface area (Å²) in [6.45, 7) is 4.90. The van der Waals surface area contributed by atoms with E-state index in [0.29, 0.717) is 5.92 Å². The van der Waals surface area contributed by atoms with E-state index >= 15 is 0 Å². The summed E-state index contributed by atoms with van der Waals surface area (Å²) in [4.78, 5) is 1.42. The molecule has 1 nitrogen and oxygen atoms in total. The fourth-order valence-electron chi connectivity index (χ4n) is 1.18. The summed E-state index contributed by atoms with van der Waals surface area (Å²) in [6.07, 6.45) is 3.17. The zero-order chi connectivity index (χ0) is 8.81. The van der Waals surface area contributed by atoms with Crippen molar-refractivity contribution in [1.82, 2.24) is 5.32 Å². The topological polar surface area (TPSA) is 12.0 Å². The molecule has 0 fully saturated rings. The van der Waals surface area contributed by atoms with Gasteiger partial charge in [-0.2, -0.15) is 0 Å². The van der Waals surface area contributed by atoms with Crippen molar-refractivity contribution in [2.45, 2.75) is 12.3 Å². The Labute approximate surface area is 78.1 Å². The zero-order valence-corrected chi connectivity index (χ0v) is 8.23. The Bertz CT molecular complexity index is 216. The number of nitrogens with one attached hydrogen (secondary N) is 1. The summed E-state index contributed by atoms with van der Waals surface area (Å²) in [5, 5.41) is 5.27. The molecule has 1 aromatic rings. The van der Waals surface area contributed by atoms with Crippen LogP contribution >= 0.6 is 11.3 Å². The van der Waals surface area contributed by atoms with E-state index in [-0.39, 0.29) is 0 Å². The highest BCUT2D eigenvalue weighted by Gasteiger charge is 2.06. The van der Waals surface area contributed by atoms with E-state index in [1.54, 1.807) is 0 Å². The third kappa shape index (κ3) is 2.47. The van der Waals surface area contributed by atoms with Crippen LogP contribution in [-0.2, 0) is 0 Å². The first-order valence-corrected chi connectivity index (χ1v) is 5.07. The van der Waals surface area contributed by atoms with Crippen LogP contribution in [0.4, 0.5) is 0 Å². The van der Waals surface area contributed by atoms with Gasteiger partial charge in [0, 0.05) is 10.8 Å². The number of hydrogen-bond acceptors (Lipinski definition) is 2. The first kappa shape index (κ1) is 9.49. The molecule has 0 spiro atoms. The minimum atomic E-state index is 0.525. The Balaban J connectivity index is 2.51. The Kier molecular flexibility index (Phi) is 4.05. The van der Waals surface area contributed by atoms with Crippen LogP contribution in [0.5, 0.6) is 0 Å². The van der Waals surface area contributed by atoms with Crippen LogP contribution in [0, 0.1) is 0 Å². The lowest BCUT2D eigenvalue weighted by atomic mass is 10.0. The summed E-state index contributed by atoms with van der Waals surface area (Å²) in [7, 11) is 1.98. The van der Waals surface area contributed by atoms with Crippen molar-refractivity contribution < 1.29 is 0 Å². The molecule has 1 rings (SSSR count). The Morgan fingerprint density at radius 2 is 2.58 bits per heavy atom. The Morgan fingerprint density at radius 1 is 1.75 bits per heavy atom. The van der Waals surface area contributed by atoms with Gasteiger partial charge in [-0.15, -0.1) is 17.9 Å². The lowest BCUT2D eigenvalue weighted by Crippen LogP contribution is -2.10. The predicted molar refractivity (Wildman–Crippen MR) is 55.8 cm³/mol. The van der Waals surface area contributed by atoms with E-state index in [2.05, 4.69) is 29.4 Å². The molecule has 0 radical (unpaired) electrons. The lowest BCUT2D eigenvalue weighted by Gasteiger charge is -2.08. The monoisotopic (exact) mass is 181 g/mol. The molecule has 1 heterocycles. The summed E-state index contributed by atoms with van der Waals surface area (Å²) in [5.41, 5.74) is 0. The van der Waals surface area contributed by atoms with Crippen LogP contribution in [0.2, 0.25) is 0 Å². The van der Waals surface area contributed by atoms with Gasteiger partial charge in [-0.3, -0.25) is 0 Å². The maximum atomic E-state index is 3.85. The van der Waals surface area contributed by atoms with Crippen LogP contribution in [0.1, 0.15) is 17.2 Å². The van der Waals surface area contributed by atoms with Crippen molar-refractivity contribution in [2.24, 2.45) is 0 Å². The molecule has 0 aliphatic heterocycles. The van der Waals surface area contributed by atoms with E-state index in [1.807, 2.05) is 24.5 Å². The second kappa shape index (κ2) is 5.12. The predicted octanol–water partition coefficient (Wildman–Crippen LogP) is 2.63. The maximum Gasteiger partial charge on any atom is 0.0122 e. The van der Waals surface area contributed by atoms with Gasteiger partial charge in [0.1, 0.15) is 0 Å². The minimum absolute atomic E-state index is 0.525. The number of thiophene rings is 1. The SMILES string of the molecule is C=C[C@H](CCNC)c1cccs1.